The Labute approximate surface area is 126 Å². The molecule has 0 unspecified atom stereocenters. The number of para-hydroxylation sites is 1. The molecule has 1 amide bonds. The third-order valence-corrected chi connectivity index (χ3v) is 4.65. The van der Waals surface area contributed by atoms with Gasteiger partial charge in [0.05, 0.1) is 11.1 Å². The number of hydrogen-bond acceptors (Lipinski definition) is 3. The van der Waals surface area contributed by atoms with Crippen LogP contribution >= 0.6 is 15.9 Å². The highest BCUT2D eigenvalue weighted by Crippen LogP contribution is 2.24. The fourth-order valence-electron chi connectivity index (χ4n) is 2.64. The van der Waals surface area contributed by atoms with Crippen LogP contribution in [-0.2, 0) is 0 Å². The van der Waals surface area contributed by atoms with Crippen LogP contribution in [0.5, 0.6) is 0 Å². The van der Waals surface area contributed by atoms with Crippen molar-refractivity contribution >= 4 is 32.9 Å². The van der Waals surface area contributed by atoms with E-state index < -0.39 is 0 Å². The predicted molar refractivity (Wildman–Crippen MR) is 82.0 cm³/mol. The van der Waals surface area contributed by atoms with E-state index in [9.17, 15) is 4.79 Å². The molecule has 0 radical (unpaired) electrons. The van der Waals surface area contributed by atoms with Gasteiger partial charge in [-0.25, -0.2) is 0 Å². The number of amides is 1. The summed E-state index contributed by atoms with van der Waals surface area (Å²) in [6.45, 7) is 0. The Morgan fingerprint density at radius 3 is 2.70 bits per heavy atom. The Kier molecular flexibility index (Phi) is 3.96. The molecule has 0 aliphatic heterocycles. The first kappa shape index (κ1) is 13.5. The fraction of sp³-hybridized carbons (Fsp3) is 0.400. The molecule has 1 aliphatic carbocycles. The quantitative estimate of drug-likeness (QED) is 0.859. The second-order valence-corrected chi connectivity index (χ2v) is 6.45. The maximum Gasteiger partial charge on any atom is 0.253 e. The van der Waals surface area contributed by atoms with Crippen molar-refractivity contribution in [1.29, 1.82) is 0 Å². The zero-order valence-corrected chi connectivity index (χ0v) is 12.6. The summed E-state index contributed by atoms with van der Waals surface area (Å²) in [5.74, 6) is -0.0471. The highest BCUT2D eigenvalue weighted by atomic mass is 79.9. The highest BCUT2D eigenvalue weighted by molar-refractivity contribution is 9.09. The number of rotatable bonds is 2. The molecule has 2 aromatic rings. The van der Waals surface area contributed by atoms with E-state index in [1.54, 1.807) is 12.4 Å². The zero-order chi connectivity index (χ0) is 13.9. The van der Waals surface area contributed by atoms with Gasteiger partial charge in [0, 0.05) is 23.3 Å². The molecule has 20 heavy (non-hydrogen) atoms. The van der Waals surface area contributed by atoms with Crippen molar-refractivity contribution in [3.05, 3.63) is 36.2 Å². The third kappa shape index (κ3) is 2.82. The largest absolute Gasteiger partial charge is 0.349 e. The van der Waals surface area contributed by atoms with E-state index >= 15 is 0 Å². The van der Waals surface area contributed by atoms with Crippen molar-refractivity contribution in [3.8, 4) is 0 Å². The molecule has 1 N–H and O–H groups in total. The number of carbonyl (C=O) groups excluding carboxylic acids is 1. The predicted octanol–water partition coefficient (Wildman–Crippen LogP) is 3.07. The Balaban J connectivity index is 1.79. The lowest BCUT2D eigenvalue weighted by molar-refractivity contribution is 0.0930. The minimum atomic E-state index is -0.0471. The minimum absolute atomic E-state index is 0.0471. The van der Waals surface area contributed by atoms with Crippen molar-refractivity contribution in [2.45, 2.75) is 36.6 Å². The van der Waals surface area contributed by atoms with Crippen LogP contribution in [0.4, 0.5) is 0 Å². The van der Waals surface area contributed by atoms with Gasteiger partial charge in [0.1, 0.15) is 5.52 Å². The molecule has 1 saturated carbocycles. The van der Waals surface area contributed by atoms with Crippen LogP contribution in [0.1, 0.15) is 36.0 Å². The number of alkyl halides is 1. The number of carbonyl (C=O) groups is 1. The van der Waals surface area contributed by atoms with Gasteiger partial charge in [-0.05, 0) is 37.8 Å². The Morgan fingerprint density at radius 2 is 1.90 bits per heavy atom. The number of aromatic nitrogens is 2. The van der Waals surface area contributed by atoms with Crippen LogP contribution < -0.4 is 5.32 Å². The summed E-state index contributed by atoms with van der Waals surface area (Å²) in [6, 6.07) is 5.79. The fourth-order valence-corrected chi connectivity index (χ4v) is 3.16. The first-order valence-corrected chi connectivity index (χ1v) is 7.80. The molecule has 4 nitrogen and oxygen atoms in total. The van der Waals surface area contributed by atoms with Crippen LogP contribution in [0.2, 0.25) is 0 Å². The van der Waals surface area contributed by atoms with Crippen LogP contribution in [0.25, 0.3) is 11.0 Å². The summed E-state index contributed by atoms with van der Waals surface area (Å²) in [5.41, 5.74) is 2.03. The SMILES string of the molecule is O=C(NC1CCC(Br)CC1)c1cccc2nccnc12. The summed E-state index contributed by atoms with van der Waals surface area (Å²) < 4.78 is 0. The summed E-state index contributed by atoms with van der Waals surface area (Å²) >= 11 is 3.63. The average molecular weight is 334 g/mol. The first-order chi connectivity index (χ1) is 9.74. The topological polar surface area (TPSA) is 54.9 Å². The van der Waals surface area contributed by atoms with Crippen molar-refractivity contribution < 1.29 is 4.79 Å². The van der Waals surface area contributed by atoms with E-state index in [0.717, 1.165) is 31.2 Å². The minimum Gasteiger partial charge on any atom is -0.349 e. The van der Waals surface area contributed by atoms with Crippen LogP contribution in [-0.4, -0.2) is 26.7 Å². The van der Waals surface area contributed by atoms with Crippen molar-refractivity contribution in [3.63, 3.8) is 0 Å². The van der Waals surface area contributed by atoms with Crippen LogP contribution in [0.3, 0.4) is 0 Å². The van der Waals surface area contributed by atoms with E-state index in [1.165, 1.54) is 0 Å². The molecular formula is C15H16BrN3O. The number of nitrogens with one attached hydrogen (secondary N) is 1. The van der Waals surface area contributed by atoms with E-state index in [4.69, 9.17) is 0 Å². The molecule has 0 bridgehead atoms. The molecule has 0 saturated heterocycles. The van der Waals surface area contributed by atoms with E-state index in [2.05, 4.69) is 31.2 Å². The molecule has 5 heteroatoms. The van der Waals surface area contributed by atoms with Gasteiger partial charge in [-0.3, -0.25) is 14.8 Å². The monoisotopic (exact) mass is 333 g/mol. The first-order valence-electron chi connectivity index (χ1n) is 6.88. The second kappa shape index (κ2) is 5.87. The van der Waals surface area contributed by atoms with Gasteiger partial charge in [-0.1, -0.05) is 22.0 Å². The maximum absolute atomic E-state index is 12.4. The second-order valence-electron chi connectivity index (χ2n) is 5.15. The van der Waals surface area contributed by atoms with Gasteiger partial charge in [0.2, 0.25) is 0 Å². The summed E-state index contributed by atoms with van der Waals surface area (Å²) in [5, 5.41) is 3.12. The molecule has 0 spiro atoms. The number of fused-ring (bicyclic) bond motifs is 1. The molecule has 1 heterocycles. The van der Waals surface area contributed by atoms with Crippen molar-refractivity contribution in [1.82, 2.24) is 15.3 Å². The molecule has 1 aromatic carbocycles. The smallest absolute Gasteiger partial charge is 0.253 e. The third-order valence-electron chi connectivity index (χ3n) is 3.74. The molecule has 1 aromatic heterocycles. The molecule has 1 fully saturated rings. The maximum atomic E-state index is 12.4. The highest BCUT2D eigenvalue weighted by Gasteiger charge is 2.22. The van der Waals surface area contributed by atoms with E-state index in [-0.39, 0.29) is 11.9 Å². The van der Waals surface area contributed by atoms with Gasteiger partial charge < -0.3 is 5.32 Å². The van der Waals surface area contributed by atoms with Crippen molar-refractivity contribution in [2.24, 2.45) is 0 Å². The normalized spacial score (nSPS) is 22.6. The molecule has 1 aliphatic rings. The Bertz CT molecular complexity index is 618. The van der Waals surface area contributed by atoms with Gasteiger partial charge in [-0.15, -0.1) is 0 Å². The average Bonchev–Trinajstić information content (AvgIpc) is 2.49. The molecule has 3 rings (SSSR count). The van der Waals surface area contributed by atoms with E-state index in [0.29, 0.717) is 15.9 Å². The number of nitrogens with zero attached hydrogens (tertiary/aromatic N) is 2. The van der Waals surface area contributed by atoms with Gasteiger partial charge >= 0.3 is 0 Å². The van der Waals surface area contributed by atoms with E-state index in [1.807, 2.05) is 18.2 Å². The lowest BCUT2D eigenvalue weighted by atomic mass is 9.95. The number of hydrogen-bond donors (Lipinski definition) is 1. The zero-order valence-electron chi connectivity index (χ0n) is 11.1. The standard InChI is InChI=1S/C15H16BrN3O/c16-10-4-6-11(7-5-10)19-15(20)12-2-1-3-13-14(12)18-9-8-17-13/h1-3,8-11H,4-7H2,(H,19,20). The summed E-state index contributed by atoms with van der Waals surface area (Å²) in [4.78, 5) is 21.5. The lowest BCUT2D eigenvalue weighted by Crippen LogP contribution is -2.37. The summed E-state index contributed by atoms with van der Waals surface area (Å²) in [6.07, 6.45) is 7.53. The summed E-state index contributed by atoms with van der Waals surface area (Å²) in [7, 11) is 0. The van der Waals surface area contributed by atoms with Gasteiger partial charge in [0.25, 0.3) is 5.91 Å². The Hall–Kier alpha value is -1.49. The number of halogens is 1. The van der Waals surface area contributed by atoms with Gasteiger partial charge in [-0.2, -0.15) is 0 Å². The number of benzene rings is 1. The molecule has 0 atom stereocenters. The van der Waals surface area contributed by atoms with Crippen LogP contribution in [0.15, 0.2) is 30.6 Å². The van der Waals surface area contributed by atoms with Gasteiger partial charge in [0.15, 0.2) is 0 Å². The Morgan fingerprint density at radius 1 is 1.15 bits per heavy atom. The molecular weight excluding hydrogens is 318 g/mol. The molecule has 104 valence electrons. The lowest BCUT2D eigenvalue weighted by Gasteiger charge is -2.26. The van der Waals surface area contributed by atoms with Crippen LogP contribution in [0, 0.1) is 0 Å². The van der Waals surface area contributed by atoms with Crippen molar-refractivity contribution in [2.75, 3.05) is 0 Å².